The highest BCUT2D eigenvalue weighted by atomic mass is 16.5. The van der Waals surface area contributed by atoms with Gasteiger partial charge < -0.3 is 14.0 Å². The fourth-order valence-corrected chi connectivity index (χ4v) is 4.40. The molecular formula is C25H25NO3. The van der Waals surface area contributed by atoms with Crippen molar-refractivity contribution in [3.63, 3.8) is 0 Å². The van der Waals surface area contributed by atoms with Gasteiger partial charge in [0.05, 0.1) is 36.2 Å². The molecule has 4 heteroatoms. The fraction of sp³-hybridized carbons (Fsp3) is 0.240. The molecule has 0 radical (unpaired) electrons. The Morgan fingerprint density at radius 3 is 2.79 bits per heavy atom. The molecule has 4 nitrogen and oxygen atoms in total. The summed E-state index contributed by atoms with van der Waals surface area (Å²) in [6.07, 6.45) is 13.0. The van der Waals surface area contributed by atoms with Crippen LogP contribution in [0.25, 0.3) is 21.8 Å². The van der Waals surface area contributed by atoms with Crippen LogP contribution in [0.4, 0.5) is 0 Å². The quantitative estimate of drug-likeness (QED) is 0.421. The van der Waals surface area contributed by atoms with E-state index in [-0.39, 0.29) is 5.97 Å². The van der Waals surface area contributed by atoms with Crippen LogP contribution in [0.5, 0.6) is 5.75 Å². The van der Waals surface area contributed by atoms with Gasteiger partial charge in [0.15, 0.2) is 0 Å². The van der Waals surface area contributed by atoms with Crippen molar-refractivity contribution in [2.75, 3.05) is 14.2 Å². The van der Waals surface area contributed by atoms with E-state index in [0.29, 0.717) is 12.1 Å². The molecule has 3 aromatic rings. The maximum Gasteiger partial charge on any atom is 0.338 e. The molecule has 0 atom stereocenters. The lowest BCUT2D eigenvalue weighted by Gasteiger charge is -2.11. The predicted molar refractivity (Wildman–Crippen MR) is 118 cm³/mol. The zero-order valence-corrected chi connectivity index (χ0v) is 16.9. The third-order valence-electron chi connectivity index (χ3n) is 5.60. The van der Waals surface area contributed by atoms with Crippen molar-refractivity contribution in [3.8, 4) is 5.75 Å². The van der Waals surface area contributed by atoms with Crippen LogP contribution in [0.1, 0.15) is 27.9 Å². The molecule has 148 valence electrons. The van der Waals surface area contributed by atoms with Gasteiger partial charge in [-0.15, -0.1) is 0 Å². The summed E-state index contributed by atoms with van der Waals surface area (Å²) in [6.45, 7) is 4.40. The molecule has 0 aliphatic heterocycles. The number of fused-ring (bicyclic) bond motifs is 5. The summed E-state index contributed by atoms with van der Waals surface area (Å²) < 4.78 is 13.2. The van der Waals surface area contributed by atoms with E-state index in [4.69, 9.17) is 9.47 Å². The normalized spacial score (nSPS) is 13.6. The standard InChI is InChI=1S/C25H25NO3/c1-4-5-6-7-8-15-26-20-14-10-13-19(25(27)29-3)22(20)23-21(28-2)16-17-11-9-12-18(17)24(23)26/h4-8,10,13-14,16H,1,9,11-12,15H2,2-3H3/b6-5-,8-7+. The highest BCUT2D eigenvalue weighted by Gasteiger charge is 2.26. The third-order valence-corrected chi connectivity index (χ3v) is 5.60. The van der Waals surface area contributed by atoms with E-state index in [9.17, 15) is 4.79 Å². The van der Waals surface area contributed by atoms with Crippen LogP contribution in [-0.4, -0.2) is 24.8 Å². The van der Waals surface area contributed by atoms with Crippen molar-refractivity contribution < 1.29 is 14.3 Å². The summed E-state index contributed by atoms with van der Waals surface area (Å²) in [7, 11) is 3.12. The van der Waals surface area contributed by atoms with Gasteiger partial charge >= 0.3 is 5.97 Å². The van der Waals surface area contributed by atoms with E-state index in [2.05, 4.69) is 29.4 Å². The van der Waals surface area contributed by atoms with E-state index in [1.165, 1.54) is 23.8 Å². The van der Waals surface area contributed by atoms with Crippen LogP contribution in [0.2, 0.25) is 0 Å². The number of aromatic nitrogens is 1. The predicted octanol–water partition coefficient (Wildman–Crippen LogP) is 5.38. The number of hydrogen-bond acceptors (Lipinski definition) is 3. The molecule has 2 aromatic carbocycles. The number of hydrogen-bond donors (Lipinski definition) is 0. The molecule has 0 saturated carbocycles. The van der Waals surface area contributed by atoms with Crippen molar-refractivity contribution in [2.24, 2.45) is 0 Å². The number of allylic oxidation sites excluding steroid dienone is 5. The Labute approximate surface area is 170 Å². The topological polar surface area (TPSA) is 40.5 Å². The van der Waals surface area contributed by atoms with Crippen LogP contribution in [0.15, 0.2) is 61.2 Å². The summed E-state index contributed by atoms with van der Waals surface area (Å²) >= 11 is 0. The molecule has 0 N–H and O–H groups in total. The lowest BCUT2D eigenvalue weighted by Crippen LogP contribution is -2.02. The number of carbonyl (C=O) groups excluding carboxylic acids is 1. The molecule has 0 fully saturated rings. The van der Waals surface area contributed by atoms with E-state index < -0.39 is 0 Å². The lowest BCUT2D eigenvalue weighted by atomic mass is 10.0. The second kappa shape index (κ2) is 8.00. The largest absolute Gasteiger partial charge is 0.496 e. The van der Waals surface area contributed by atoms with Crippen molar-refractivity contribution in [2.45, 2.75) is 25.8 Å². The molecule has 1 aliphatic carbocycles. The number of nitrogens with zero attached hydrogens (tertiary/aromatic N) is 1. The molecule has 4 rings (SSSR count). The van der Waals surface area contributed by atoms with Gasteiger partial charge in [-0.25, -0.2) is 4.79 Å². The third kappa shape index (κ3) is 3.15. The smallest absolute Gasteiger partial charge is 0.338 e. The number of benzene rings is 2. The minimum absolute atomic E-state index is 0.332. The number of esters is 1. The van der Waals surface area contributed by atoms with Crippen molar-refractivity contribution in [1.82, 2.24) is 4.57 Å². The SMILES string of the molecule is C=C/C=C\C=C\Cn1c2cccc(C(=O)OC)c2c2c(OC)cc3c(c21)CCC3. The molecule has 0 amide bonds. The van der Waals surface area contributed by atoms with Gasteiger partial charge in [-0.2, -0.15) is 0 Å². The summed E-state index contributed by atoms with van der Waals surface area (Å²) in [5.74, 6) is 0.484. The van der Waals surface area contributed by atoms with Gasteiger partial charge in [-0.3, -0.25) is 0 Å². The first-order valence-electron chi connectivity index (χ1n) is 9.87. The summed E-state index contributed by atoms with van der Waals surface area (Å²) in [5, 5.41) is 1.90. The Hall–Kier alpha value is -3.27. The van der Waals surface area contributed by atoms with Crippen LogP contribution in [0.3, 0.4) is 0 Å². The van der Waals surface area contributed by atoms with Gasteiger partial charge in [-0.1, -0.05) is 43.0 Å². The molecule has 29 heavy (non-hydrogen) atoms. The average Bonchev–Trinajstić information content (AvgIpc) is 3.34. The Morgan fingerprint density at radius 1 is 1.17 bits per heavy atom. The lowest BCUT2D eigenvalue weighted by molar-refractivity contribution is 0.0603. The number of methoxy groups -OCH3 is 2. The molecule has 0 saturated heterocycles. The molecule has 0 spiro atoms. The monoisotopic (exact) mass is 387 g/mol. The van der Waals surface area contributed by atoms with E-state index in [1.807, 2.05) is 30.4 Å². The minimum Gasteiger partial charge on any atom is -0.496 e. The number of ether oxygens (including phenoxy) is 2. The van der Waals surface area contributed by atoms with Crippen molar-refractivity contribution in [1.29, 1.82) is 0 Å². The first-order valence-corrected chi connectivity index (χ1v) is 9.87. The molecule has 1 aliphatic rings. The van der Waals surface area contributed by atoms with E-state index >= 15 is 0 Å². The van der Waals surface area contributed by atoms with Crippen LogP contribution in [0, 0.1) is 0 Å². The van der Waals surface area contributed by atoms with Gasteiger partial charge in [-0.05, 0) is 48.6 Å². The minimum atomic E-state index is -0.332. The zero-order valence-electron chi connectivity index (χ0n) is 16.9. The molecule has 0 bridgehead atoms. The summed E-state index contributed by atoms with van der Waals surface area (Å²) in [5.41, 5.74) is 5.45. The van der Waals surface area contributed by atoms with Crippen molar-refractivity contribution >= 4 is 27.8 Å². The maximum absolute atomic E-state index is 12.5. The second-order valence-corrected chi connectivity index (χ2v) is 7.14. The average molecular weight is 387 g/mol. The Balaban J connectivity index is 2.07. The second-order valence-electron chi connectivity index (χ2n) is 7.14. The molecule has 0 unspecified atom stereocenters. The van der Waals surface area contributed by atoms with E-state index in [1.54, 1.807) is 13.2 Å². The van der Waals surface area contributed by atoms with Gasteiger partial charge in [0, 0.05) is 11.9 Å². The Kier molecular flexibility index (Phi) is 5.26. The fourth-order valence-electron chi connectivity index (χ4n) is 4.40. The highest BCUT2D eigenvalue weighted by molar-refractivity contribution is 6.20. The van der Waals surface area contributed by atoms with E-state index in [0.717, 1.165) is 41.3 Å². The Morgan fingerprint density at radius 2 is 2.03 bits per heavy atom. The number of rotatable bonds is 6. The molecule has 1 aromatic heterocycles. The van der Waals surface area contributed by atoms with Crippen molar-refractivity contribution in [3.05, 3.63) is 77.9 Å². The maximum atomic E-state index is 12.5. The summed E-state index contributed by atoms with van der Waals surface area (Å²) in [6, 6.07) is 7.95. The number of carbonyl (C=O) groups is 1. The zero-order chi connectivity index (χ0) is 20.4. The number of aryl methyl sites for hydroxylation is 2. The van der Waals surface area contributed by atoms with Crippen LogP contribution >= 0.6 is 0 Å². The Bertz CT molecular complexity index is 1160. The molecular weight excluding hydrogens is 362 g/mol. The first kappa shape index (κ1) is 19.1. The highest BCUT2D eigenvalue weighted by Crippen LogP contribution is 2.43. The van der Waals surface area contributed by atoms with Crippen LogP contribution in [-0.2, 0) is 24.1 Å². The summed E-state index contributed by atoms with van der Waals surface area (Å²) in [4.78, 5) is 12.5. The van der Waals surface area contributed by atoms with Crippen LogP contribution < -0.4 is 4.74 Å². The van der Waals surface area contributed by atoms with Gasteiger partial charge in [0.25, 0.3) is 0 Å². The first-order chi connectivity index (χ1) is 14.2. The molecule has 1 heterocycles. The van der Waals surface area contributed by atoms with Gasteiger partial charge in [0.1, 0.15) is 5.75 Å². The van der Waals surface area contributed by atoms with Gasteiger partial charge in [0.2, 0.25) is 0 Å².